The molecule has 0 unspecified atom stereocenters. The summed E-state index contributed by atoms with van der Waals surface area (Å²) < 4.78 is 45.2. The molecular formula is C21H22ClFN2O5S. The fourth-order valence-electron chi connectivity index (χ4n) is 3.12. The van der Waals surface area contributed by atoms with Crippen LogP contribution in [0.3, 0.4) is 0 Å². The van der Waals surface area contributed by atoms with Crippen LogP contribution in [0.4, 0.5) is 10.1 Å². The van der Waals surface area contributed by atoms with Crippen LogP contribution in [0.5, 0.6) is 0 Å². The quantitative estimate of drug-likeness (QED) is 0.650. The Labute approximate surface area is 185 Å². The molecule has 1 aliphatic heterocycles. The number of hydrogen-bond acceptors (Lipinski definition) is 5. The van der Waals surface area contributed by atoms with Crippen molar-refractivity contribution in [3.8, 4) is 0 Å². The first kappa shape index (κ1) is 23.2. The van der Waals surface area contributed by atoms with E-state index < -0.39 is 33.8 Å². The first-order valence-corrected chi connectivity index (χ1v) is 11.6. The van der Waals surface area contributed by atoms with E-state index in [1.165, 1.54) is 41.6 Å². The summed E-state index contributed by atoms with van der Waals surface area (Å²) in [6.45, 7) is 2.25. The highest BCUT2D eigenvalue weighted by atomic mass is 35.5. The fourth-order valence-corrected chi connectivity index (χ4v) is 4.83. The number of carbonyl (C=O) groups is 2. The molecule has 1 atom stereocenters. The molecule has 7 nitrogen and oxygen atoms in total. The van der Waals surface area contributed by atoms with Crippen LogP contribution in [-0.2, 0) is 19.6 Å². The van der Waals surface area contributed by atoms with Gasteiger partial charge in [-0.05, 0) is 62.2 Å². The van der Waals surface area contributed by atoms with Gasteiger partial charge in [-0.3, -0.25) is 4.79 Å². The number of nitrogens with zero attached hydrogens (tertiary/aromatic N) is 1. The summed E-state index contributed by atoms with van der Waals surface area (Å²) in [6.07, 6.45) is 1.39. The standard InChI is InChI=1S/C21H22ClFN2O5S/c1-14(30-21(27)15-5-7-16(23)8-6-15)20(26)24-19-13-17(9-10-18(19)22)31(28,29)25-11-3-2-4-12-25/h5-10,13-14H,2-4,11-12H2,1H3,(H,24,26)/t14-/m1/s1. The molecule has 2 aromatic rings. The number of carbonyl (C=O) groups excluding carboxylic acids is 2. The monoisotopic (exact) mass is 468 g/mol. The number of sulfonamides is 1. The molecule has 1 amide bonds. The van der Waals surface area contributed by atoms with Gasteiger partial charge >= 0.3 is 5.97 Å². The summed E-state index contributed by atoms with van der Waals surface area (Å²) in [5.41, 5.74) is 0.183. The molecule has 0 aliphatic carbocycles. The van der Waals surface area contributed by atoms with E-state index in [1.54, 1.807) is 0 Å². The average molecular weight is 469 g/mol. The number of amides is 1. The van der Waals surface area contributed by atoms with Crippen molar-refractivity contribution >= 4 is 39.2 Å². The van der Waals surface area contributed by atoms with Gasteiger partial charge < -0.3 is 10.1 Å². The second-order valence-corrected chi connectivity index (χ2v) is 9.50. The van der Waals surface area contributed by atoms with Crippen molar-refractivity contribution in [1.82, 2.24) is 4.31 Å². The number of esters is 1. The van der Waals surface area contributed by atoms with Crippen LogP contribution in [0.25, 0.3) is 0 Å². The van der Waals surface area contributed by atoms with Crippen LogP contribution in [0.2, 0.25) is 5.02 Å². The highest BCUT2D eigenvalue weighted by Gasteiger charge is 2.27. The molecule has 0 radical (unpaired) electrons. The summed E-state index contributed by atoms with van der Waals surface area (Å²) in [6, 6.07) is 8.77. The van der Waals surface area contributed by atoms with Crippen molar-refractivity contribution in [2.24, 2.45) is 0 Å². The van der Waals surface area contributed by atoms with Gasteiger partial charge in [-0.15, -0.1) is 0 Å². The van der Waals surface area contributed by atoms with Gasteiger partial charge in [-0.25, -0.2) is 17.6 Å². The number of anilines is 1. The van der Waals surface area contributed by atoms with E-state index in [9.17, 15) is 22.4 Å². The summed E-state index contributed by atoms with van der Waals surface area (Å²) >= 11 is 6.13. The Balaban J connectivity index is 1.71. The second kappa shape index (κ2) is 9.76. The van der Waals surface area contributed by atoms with Gasteiger partial charge in [0, 0.05) is 13.1 Å². The first-order valence-electron chi connectivity index (χ1n) is 9.75. The van der Waals surface area contributed by atoms with Crippen LogP contribution in [0.1, 0.15) is 36.5 Å². The third kappa shape index (κ3) is 5.61. The van der Waals surface area contributed by atoms with Gasteiger partial charge in [0.2, 0.25) is 10.0 Å². The lowest BCUT2D eigenvalue weighted by Crippen LogP contribution is -2.35. The van der Waals surface area contributed by atoms with Crippen molar-refractivity contribution in [2.75, 3.05) is 18.4 Å². The number of benzene rings is 2. The minimum atomic E-state index is -3.71. The molecule has 0 aromatic heterocycles. The van der Waals surface area contributed by atoms with Gasteiger partial charge in [0.05, 0.1) is 21.2 Å². The zero-order valence-electron chi connectivity index (χ0n) is 16.8. The molecule has 31 heavy (non-hydrogen) atoms. The Morgan fingerprint density at radius 1 is 1.10 bits per heavy atom. The lowest BCUT2D eigenvalue weighted by Gasteiger charge is -2.26. The average Bonchev–Trinajstić information content (AvgIpc) is 2.76. The molecule has 0 spiro atoms. The van der Waals surface area contributed by atoms with Gasteiger partial charge in [-0.2, -0.15) is 4.31 Å². The zero-order valence-corrected chi connectivity index (χ0v) is 18.4. The molecule has 166 valence electrons. The maximum atomic E-state index is 13.0. The molecule has 1 heterocycles. The molecule has 1 N–H and O–H groups in total. The van der Waals surface area contributed by atoms with E-state index >= 15 is 0 Å². The highest BCUT2D eigenvalue weighted by Crippen LogP contribution is 2.28. The van der Waals surface area contributed by atoms with Crippen molar-refractivity contribution < 1.29 is 27.1 Å². The highest BCUT2D eigenvalue weighted by molar-refractivity contribution is 7.89. The van der Waals surface area contributed by atoms with E-state index in [1.807, 2.05) is 0 Å². The predicted octanol–water partition coefficient (Wildman–Crippen LogP) is 3.84. The summed E-state index contributed by atoms with van der Waals surface area (Å²) in [4.78, 5) is 24.6. The van der Waals surface area contributed by atoms with E-state index in [4.69, 9.17) is 16.3 Å². The van der Waals surface area contributed by atoms with E-state index in [-0.39, 0.29) is 21.2 Å². The molecule has 0 saturated carbocycles. The van der Waals surface area contributed by atoms with E-state index in [2.05, 4.69) is 5.32 Å². The molecule has 1 fully saturated rings. The largest absolute Gasteiger partial charge is 0.449 e. The smallest absolute Gasteiger partial charge is 0.338 e. The van der Waals surface area contributed by atoms with Crippen LogP contribution < -0.4 is 5.32 Å². The van der Waals surface area contributed by atoms with Crippen molar-refractivity contribution in [2.45, 2.75) is 37.2 Å². The predicted molar refractivity (Wildman–Crippen MR) is 114 cm³/mol. The Hall–Kier alpha value is -2.49. The number of nitrogens with one attached hydrogen (secondary N) is 1. The van der Waals surface area contributed by atoms with Gasteiger partial charge in [0.1, 0.15) is 5.82 Å². The van der Waals surface area contributed by atoms with Crippen LogP contribution >= 0.6 is 11.6 Å². The maximum Gasteiger partial charge on any atom is 0.338 e. The zero-order chi connectivity index (χ0) is 22.6. The van der Waals surface area contributed by atoms with Crippen LogP contribution in [0.15, 0.2) is 47.4 Å². The van der Waals surface area contributed by atoms with E-state index in [0.717, 1.165) is 31.4 Å². The number of piperidine rings is 1. The molecule has 2 aromatic carbocycles. The molecule has 0 bridgehead atoms. The van der Waals surface area contributed by atoms with Crippen molar-refractivity contribution in [3.63, 3.8) is 0 Å². The summed E-state index contributed by atoms with van der Waals surface area (Å²) in [5, 5.41) is 2.64. The molecule has 3 rings (SSSR count). The summed E-state index contributed by atoms with van der Waals surface area (Å²) in [7, 11) is -3.71. The Kier molecular flexibility index (Phi) is 7.30. The number of rotatable bonds is 6. The fraction of sp³-hybridized carbons (Fsp3) is 0.333. The van der Waals surface area contributed by atoms with Crippen molar-refractivity contribution in [1.29, 1.82) is 0 Å². The maximum absolute atomic E-state index is 13.0. The third-order valence-electron chi connectivity index (χ3n) is 4.88. The Morgan fingerprint density at radius 2 is 1.74 bits per heavy atom. The number of ether oxygens (including phenoxy) is 1. The summed E-state index contributed by atoms with van der Waals surface area (Å²) in [5.74, 6) is -1.99. The van der Waals surface area contributed by atoms with Gasteiger partial charge in [0.15, 0.2) is 6.10 Å². The number of halogens is 2. The first-order chi connectivity index (χ1) is 14.7. The van der Waals surface area contributed by atoms with Gasteiger partial charge in [-0.1, -0.05) is 18.0 Å². The molecule has 10 heteroatoms. The van der Waals surface area contributed by atoms with E-state index in [0.29, 0.717) is 13.1 Å². The lowest BCUT2D eigenvalue weighted by molar-refractivity contribution is -0.123. The minimum absolute atomic E-state index is 0.0186. The van der Waals surface area contributed by atoms with Crippen LogP contribution in [0, 0.1) is 5.82 Å². The minimum Gasteiger partial charge on any atom is -0.449 e. The topological polar surface area (TPSA) is 92.8 Å². The second-order valence-electron chi connectivity index (χ2n) is 7.15. The molecule has 1 saturated heterocycles. The number of hydrogen-bond donors (Lipinski definition) is 1. The Morgan fingerprint density at radius 3 is 2.39 bits per heavy atom. The third-order valence-corrected chi connectivity index (χ3v) is 7.11. The lowest BCUT2D eigenvalue weighted by atomic mass is 10.2. The Bertz CT molecular complexity index is 1070. The molecule has 1 aliphatic rings. The van der Waals surface area contributed by atoms with Gasteiger partial charge in [0.25, 0.3) is 5.91 Å². The molecular weight excluding hydrogens is 447 g/mol. The normalized spacial score (nSPS) is 15.8. The van der Waals surface area contributed by atoms with Crippen molar-refractivity contribution in [3.05, 3.63) is 58.9 Å². The van der Waals surface area contributed by atoms with Crippen LogP contribution in [-0.4, -0.2) is 43.8 Å². The SMILES string of the molecule is C[C@@H](OC(=O)c1ccc(F)cc1)C(=O)Nc1cc(S(=O)(=O)N2CCCCC2)ccc1Cl.